The Morgan fingerprint density at radius 3 is 2.50 bits per heavy atom. The van der Waals surface area contributed by atoms with Crippen molar-refractivity contribution in [3.8, 4) is 0 Å². The van der Waals surface area contributed by atoms with Gasteiger partial charge in [0.2, 0.25) is 0 Å². The second-order valence-corrected chi connectivity index (χ2v) is 5.94. The minimum Gasteiger partial charge on any atom is -0.399 e. The molecule has 3 heteroatoms. The summed E-state index contributed by atoms with van der Waals surface area (Å²) in [5.41, 5.74) is 8.22. The molecule has 20 heavy (non-hydrogen) atoms. The zero-order valence-corrected chi connectivity index (χ0v) is 13.0. The van der Waals surface area contributed by atoms with Crippen LogP contribution in [0.15, 0.2) is 24.3 Å². The van der Waals surface area contributed by atoms with Crippen LogP contribution in [0, 0.1) is 0 Å². The fourth-order valence-electron chi connectivity index (χ4n) is 2.94. The van der Waals surface area contributed by atoms with Crippen molar-refractivity contribution in [3.63, 3.8) is 0 Å². The van der Waals surface area contributed by atoms with Gasteiger partial charge in [-0.1, -0.05) is 25.1 Å². The van der Waals surface area contributed by atoms with Gasteiger partial charge in [0.15, 0.2) is 0 Å². The number of hydrogen-bond donors (Lipinski definition) is 1. The first-order valence-electron chi connectivity index (χ1n) is 8.00. The lowest BCUT2D eigenvalue weighted by Crippen LogP contribution is -2.49. The lowest BCUT2D eigenvalue weighted by molar-refractivity contribution is 0.1000. The molecule has 1 aliphatic rings. The molecule has 1 unspecified atom stereocenters. The van der Waals surface area contributed by atoms with Crippen molar-refractivity contribution >= 4 is 5.69 Å². The van der Waals surface area contributed by atoms with Crippen LogP contribution in [0.25, 0.3) is 0 Å². The number of para-hydroxylation sites is 1. The average Bonchev–Trinajstić information content (AvgIpc) is 2.49. The van der Waals surface area contributed by atoms with Crippen molar-refractivity contribution in [1.82, 2.24) is 9.80 Å². The van der Waals surface area contributed by atoms with Crippen LogP contribution in [-0.2, 0) is 6.42 Å². The summed E-state index contributed by atoms with van der Waals surface area (Å²) in [5, 5.41) is 0. The number of benzene rings is 1. The molecular weight excluding hydrogens is 246 g/mol. The molecule has 112 valence electrons. The maximum Gasteiger partial charge on any atom is 0.0346 e. The predicted molar refractivity (Wildman–Crippen MR) is 86.9 cm³/mol. The first-order chi connectivity index (χ1) is 9.70. The Morgan fingerprint density at radius 2 is 1.85 bits per heavy atom. The number of hydrogen-bond acceptors (Lipinski definition) is 3. The molecule has 0 aromatic heterocycles. The molecule has 1 heterocycles. The predicted octanol–water partition coefficient (Wildman–Crippen LogP) is 2.62. The molecule has 0 spiro atoms. The number of anilines is 1. The molecule has 1 saturated heterocycles. The van der Waals surface area contributed by atoms with Gasteiger partial charge in [-0.3, -0.25) is 4.90 Å². The zero-order valence-electron chi connectivity index (χ0n) is 13.0. The van der Waals surface area contributed by atoms with Gasteiger partial charge in [0.05, 0.1) is 0 Å². The van der Waals surface area contributed by atoms with Crippen LogP contribution >= 0.6 is 0 Å². The zero-order chi connectivity index (χ0) is 14.4. The van der Waals surface area contributed by atoms with Crippen LogP contribution in [0.3, 0.4) is 0 Å². The second kappa shape index (κ2) is 7.65. The van der Waals surface area contributed by atoms with Crippen LogP contribution in [0.4, 0.5) is 5.69 Å². The summed E-state index contributed by atoms with van der Waals surface area (Å²) in [6, 6.07) is 8.97. The molecule has 0 aliphatic carbocycles. The minimum absolute atomic E-state index is 0.737. The van der Waals surface area contributed by atoms with Gasteiger partial charge in [0, 0.05) is 37.9 Å². The topological polar surface area (TPSA) is 32.5 Å². The van der Waals surface area contributed by atoms with Crippen LogP contribution in [0.1, 0.15) is 32.3 Å². The van der Waals surface area contributed by atoms with E-state index in [1.54, 1.807) is 0 Å². The van der Waals surface area contributed by atoms with E-state index in [0.717, 1.165) is 18.2 Å². The largest absolute Gasteiger partial charge is 0.399 e. The Morgan fingerprint density at radius 1 is 1.15 bits per heavy atom. The highest BCUT2D eigenvalue weighted by Gasteiger charge is 2.19. The van der Waals surface area contributed by atoms with Crippen molar-refractivity contribution in [2.75, 3.05) is 38.5 Å². The second-order valence-electron chi connectivity index (χ2n) is 5.94. The molecule has 3 nitrogen and oxygen atoms in total. The molecular formula is C17H29N3. The first kappa shape index (κ1) is 15.3. The average molecular weight is 275 g/mol. The number of piperazine rings is 1. The summed E-state index contributed by atoms with van der Waals surface area (Å²) in [6.07, 6.45) is 3.56. The lowest BCUT2D eigenvalue weighted by Gasteiger charge is -2.37. The minimum atomic E-state index is 0.737. The summed E-state index contributed by atoms with van der Waals surface area (Å²) in [4.78, 5) is 5.21. The van der Waals surface area contributed by atoms with E-state index in [-0.39, 0.29) is 0 Å². The van der Waals surface area contributed by atoms with E-state index in [1.165, 1.54) is 51.1 Å². The maximum atomic E-state index is 5.99. The van der Waals surface area contributed by atoms with Gasteiger partial charge in [-0.25, -0.2) is 0 Å². The van der Waals surface area contributed by atoms with Crippen LogP contribution in [0.5, 0.6) is 0 Å². The van der Waals surface area contributed by atoms with E-state index < -0.39 is 0 Å². The first-order valence-corrected chi connectivity index (χ1v) is 8.00. The summed E-state index contributed by atoms with van der Waals surface area (Å²) < 4.78 is 0. The molecule has 0 bridgehead atoms. The van der Waals surface area contributed by atoms with E-state index in [4.69, 9.17) is 5.73 Å². The van der Waals surface area contributed by atoms with Crippen LogP contribution in [0.2, 0.25) is 0 Å². The third-order valence-corrected chi connectivity index (χ3v) is 4.60. The fraction of sp³-hybridized carbons (Fsp3) is 0.647. The lowest BCUT2D eigenvalue weighted by atomic mass is 10.1. The van der Waals surface area contributed by atoms with Crippen molar-refractivity contribution < 1.29 is 0 Å². The summed E-state index contributed by atoms with van der Waals surface area (Å²) in [6.45, 7) is 10.7. The Kier molecular flexibility index (Phi) is 5.86. The molecule has 1 aromatic rings. The SMILES string of the molecule is CCC(C)N1CCN(CCCc2ccccc2N)CC1. The van der Waals surface area contributed by atoms with Gasteiger partial charge in [0.25, 0.3) is 0 Å². The van der Waals surface area contributed by atoms with Gasteiger partial charge in [-0.2, -0.15) is 0 Å². The molecule has 2 rings (SSSR count). The Bertz CT molecular complexity index is 397. The molecule has 1 aromatic carbocycles. The molecule has 2 N–H and O–H groups in total. The van der Waals surface area contributed by atoms with Crippen molar-refractivity contribution in [2.24, 2.45) is 0 Å². The number of nitrogens with zero attached hydrogens (tertiary/aromatic N) is 2. The van der Waals surface area contributed by atoms with E-state index in [1.807, 2.05) is 12.1 Å². The normalized spacial score (nSPS) is 19.1. The van der Waals surface area contributed by atoms with E-state index >= 15 is 0 Å². The Labute approximate surface area is 123 Å². The van der Waals surface area contributed by atoms with Crippen molar-refractivity contribution in [2.45, 2.75) is 39.2 Å². The van der Waals surface area contributed by atoms with E-state index in [0.29, 0.717) is 0 Å². The van der Waals surface area contributed by atoms with E-state index in [9.17, 15) is 0 Å². The number of rotatable bonds is 6. The van der Waals surface area contributed by atoms with Gasteiger partial charge in [-0.05, 0) is 44.4 Å². The standard InChI is InChI=1S/C17H29N3/c1-3-15(2)20-13-11-19(12-14-20)10-6-8-16-7-4-5-9-17(16)18/h4-5,7,9,15H,3,6,8,10-14,18H2,1-2H3. The van der Waals surface area contributed by atoms with Crippen LogP contribution in [-0.4, -0.2) is 48.6 Å². The van der Waals surface area contributed by atoms with Crippen molar-refractivity contribution in [1.29, 1.82) is 0 Å². The molecule has 0 amide bonds. The smallest absolute Gasteiger partial charge is 0.0346 e. The Hall–Kier alpha value is -1.06. The maximum absolute atomic E-state index is 5.99. The Balaban J connectivity index is 1.68. The fourth-order valence-corrected chi connectivity index (χ4v) is 2.94. The quantitative estimate of drug-likeness (QED) is 0.810. The van der Waals surface area contributed by atoms with Crippen LogP contribution < -0.4 is 5.73 Å². The number of nitrogen functional groups attached to an aromatic ring is 1. The third-order valence-electron chi connectivity index (χ3n) is 4.60. The molecule has 1 aliphatic heterocycles. The van der Waals surface area contributed by atoms with Gasteiger partial charge >= 0.3 is 0 Å². The molecule has 0 saturated carbocycles. The summed E-state index contributed by atoms with van der Waals surface area (Å²) in [7, 11) is 0. The monoisotopic (exact) mass is 275 g/mol. The highest BCUT2D eigenvalue weighted by atomic mass is 15.3. The molecule has 0 radical (unpaired) electrons. The number of nitrogens with two attached hydrogens (primary N) is 1. The van der Waals surface area contributed by atoms with Gasteiger partial charge in [0.1, 0.15) is 0 Å². The number of aryl methyl sites for hydroxylation is 1. The highest BCUT2D eigenvalue weighted by Crippen LogP contribution is 2.14. The van der Waals surface area contributed by atoms with Crippen molar-refractivity contribution in [3.05, 3.63) is 29.8 Å². The molecule has 1 fully saturated rings. The third kappa shape index (κ3) is 4.22. The summed E-state index contributed by atoms with van der Waals surface area (Å²) in [5.74, 6) is 0. The van der Waals surface area contributed by atoms with Gasteiger partial charge < -0.3 is 10.6 Å². The molecule has 1 atom stereocenters. The van der Waals surface area contributed by atoms with Gasteiger partial charge in [-0.15, -0.1) is 0 Å². The van der Waals surface area contributed by atoms with E-state index in [2.05, 4.69) is 35.8 Å². The highest BCUT2D eigenvalue weighted by molar-refractivity contribution is 5.46. The summed E-state index contributed by atoms with van der Waals surface area (Å²) >= 11 is 0.